The molecule has 3 rings (SSSR count). The van der Waals surface area contributed by atoms with Crippen molar-refractivity contribution in [2.75, 3.05) is 0 Å². The summed E-state index contributed by atoms with van der Waals surface area (Å²) in [6.45, 7) is 4.07. The van der Waals surface area contributed by atoms with Crippen molar-refractivity contribution in [1.82, 2.24) is 14.6 Å². The van der Waals surface area contributed by atoms with Crippen LogP contribution >= 0.6 is 27.3 Å². The molecule has 3 nitrogen and oxygen atoms in total. The lowest BCUT2D eigenvalue weighted by atomic mass is 10.2. The van der Waals surface area contributed by atoms with E-state index in [0.29, 0.717) is 0 Å². The molecule has 76 valence electrons. The summed E-state index contributed by atoms with van der Waals surface area (Å²) in [7, 11) is 0. The highest BCUT2D eigenvalue weighted by atomic mass is 79.9. The van der Waals surface area contributed by atoms with Gasteiger partial charge in [0.1, 0.15) is 5.82 Å². The summed E-state index contributed by atoms with van der Waals surface area (Å²) in [5.41, 5.74) is 2.42. The molecule has 0 saturated heterocycles. The third-order valence-electron chi connectivity index (χ3n) is 2.39. The fourth-order valence-corrected chi connectivity index (χ4v) is 3.78. The molecule has 0 unspecified atom stereocenters. The first-order valence-corrected chi connectivity index (χ1v) is 6.18. The lowest BCUT2D eigenvalue weighted by Crippen LogP contribution is -1.86. The highest BCUT2D eigenvalue weighted by Crippen LogP contribution is 2.32. The lowest BCUT2D eigenvalue weighted by Gasteiger charge is -1.98. The van der Waals surface area contributed by atoms with E-state index in [1.165, 1.54) is 15.8 Å². The average molecular weight is 282 g/mol. The Kier molecular flexibility index (Phi) is 1.87. The summed E-state index contributed by atoms with van der Waals surface area (Å²) >= 11 is 5.27. The summed E-state index contributed by atoms with van der Waals surface area (Å²) in [6.07, 6.45) is 0. The molecular weight excluding hydrogens is 274 g/mol. The maximum absolute atomic E-state index is 4.14. The molecule has 0 aliphatic carbocycles. The van der Waals surface area contributed by atoms with E-state index in [1.54, 1.807) is 11.3 Å². The molecule has 0 fully saturated rings. The first-order chi connectivity index (χ1) is 7.16. The Bertz CT molecular complexity index is 668. The Balaban J connectivity index is 2.63. The summed E-state index contributed by atoms with van der Waals surface area (Å²) in [4.78, 5) is 0.953. The number of nitrogens with zero attached hydrogens (tertiary/aromatic N) is 3. The summed E-state index contributed by atoms with van der Waals surface area (Å²) in [5.74, 6) is 0.931. The average Bonchev–Trinajstić information content (AvgIpc) is 2.66. The van der Waals surface area contributed by atoms with Gasteiger partial charge in [-0.3, -0.25) is 4.40 Å². The molecule has 2 heterocycles. The highest BCUT2D eigenvalue weighted by Gasteiger charge is 2.12. The molecule has 1 aromatic carbocycles. The Morgan fingerprint density at radius 3 is 2.87 bits per heavy atom. The van der Waals surface area contributed by atoms with Crippen molar-refractivity contribution in [3.05, 3.63) is 28.0 Å². The SMILES string of the molecule is Cc1cc(Br)c2c(c1)sc1nnc(C)n12. The van der Waals surface area contributed by atoms with Crippen LogP contribution in [0.2, 0.25) is 0 Å². The van der Waals surface area contributed by atoms with Crippen LogP contribution in [0.3, 0.4) is 0 Å². The topological polar surface area (TPSA) is 30.2 Å². The monoisotopic (exact) mass is 281 g/mol. The van der Waals surface area contributed by atoms with E-state index in [0.717, 1.165) is 15.3 Å². The number of benzene rings is 1. The number of hydrogen-bond donors (Lipinski definition) is 0. The number of hydrogen-bond acceptors (Lipinski definition) is 3. The van der Waals surface area contributed by atoms with E-state index in [1.807, 2.05) is 6.92 Å². The van der Waals surface area contributed by atoms with Gasteiger partial charge in [0.25, 0.3) is 0 Å². The van der Waals surface area contributed by atoms with E-state index < -0.39 is 0 Å². The predicted octanol–water partition coefficient (Wildman–Crippen LogP) is 3.32. The standard InChI is InChI=1S/C10H8BrN3S/c1-5-3-7(11)9-8(4-5)15-10-13-12-6(2)14(9)10/h3-4H,1-2H3. The van der Waals surface area contributed by atoms with Gasteiger partial charge >= 0.3 is 0 Å². The maximum atomic E-state index is 4.14. The van der Waals surface area contributed by atoms with Gasteiger partial charge < -0.3 is 0 Å². The van der Waals surface area contributed by atoms with Crippen molar-refractivity contribution >= 4 is 42.4 Å². The minimum Gasteiger partial charge on any atom is -0.269 e. The van der Waals surface area contributed by atoms with Crippen molar-refractivity contribution < 1.29 is 0 Å². The van der Waals surface area contributed by atoms with Gasteiger partial charge in [0.05, 0.1) is 10.2 Å². The van der Waals surface area contributed by atoms with Gasteiger partial charge in [-0.25, -0.2) is 0 Å². The van der Waals surface area contributed by atoms with Gasteiger partial charge in [0.2, 0.25) is 4.96 Å². The molecule has 0 atom stereocenters. The van der Waals surface area contributed by atoms with Crippen molar-refractivity contribution in [3.8, 4) is 0 Å². The zero-order valence-electron chi connectivity index (χ0n) is 8.28. The van der Waals surface area contributed by atoms with Crippen molar-refractivity contribution in [2.24, 2.45) is 0 Å². The van der Waals surface area contributed by atoms with Crippen LogP contribution in [0.4, 0.5) is 0 Å². The third-order valence-corrected chi connectivity index (χ3v) is 3.98. The highest BCUT2D eigenvalue weighted by molar-refractivity contribution is 9.10. The van der Waals surface area contributed by atoms with Crippen molar-refractivity contribution in [1.29, 1.82) is 0 Å². The van der Waals surface area contributed by atoms with Gasteiger partial charge in [-0.2, -0.15) is 0 Å². The van der Waals surface area contributed by atoms with E-state index >= 15 is 0 Å². The molecule has 0 aliphatic rings. The molecule has 15 heavy (non-hydrogen) atoms. The predicted molar refractivity (Wildman–Crippen MR) is 65.5 cm³/mol. The maximum Gasteiger partial charge on any atom is 0.217 e. The Morgan fingerprint density at radius 1 is 1.27 bits per heavy atom. The van der Waals surface area contributed by atoms with Crippen molar-refractivity contribution in [2.45, 2.75) is 13.8 Å². The van der Waals surface area contributed by atoms with E-state index in [9.17, 15) is 0 Å². The second-order valence-electron chi connectivity index (χ2n) is 3.56. The quantitative estimate of drug-likeness (QED) is 0.633. The normalized spacial score (nSPS) is 11.7. The number of aromatic nitrogens is 3. The largest absolute Gasteiger partial charge is 0.269 e. The summed E-state index contributed by atoms with van der Waals surface area (Å²) < 4.78 is 4.44. The number of fused-ring (bicyclic) bond motifs is 3. The Hall–Kier alpha value is -0.940. The molecule has 0 spiro atoms. The lowest BCUT2D eigenvalue weighted by molar-refractivity contribution is 1.02. The molecule has 0 aliphatic heterocycles. The van der Waals surface area contributed by atoms with Crippen molar-refractivity contribution in [3.63, 3.8) is 0 Å². The Labute approximate surface area is 98.9 Å². The van der Waals surface area contributed by atoms with Crippen LogP contribution in [0, 0.1) is 13.8 Å². The van der Waals surface area contributed by atoms with E-state index in [2.05, 4.69) is 49.6 Å². The molecule has 0 N–H and O–H groups in total. The molecule has 3 aromatic rings. The fraction of sp³-hybridized carbons (Fsp3) is 0.200. The Morgan fingerprint density at radius 2 is 2.07 bits per heavy atom. The number of halogens is 1. The van der Waals surface area contributed by atoms with Gasteiger partial charge in [-0.1, -0.05) is 11.3 Å². The second-order valence-corrected chi connectivity index (χ2v) is 5.42. The molecule has 0 amide bonds. The molecule has 0 radical (unpaired) electrons. The van der Waals surface area contributed by atoms with Crippen LogP contribution < -0.4 is 0 Å². The summed E-state index contributed by atoms with van der Waals surface area (Å²) in [5, 5.41) is 8.21. The van der Waals surface area contributed by atoms with Gasteiger partial charge in [-0.05, 0) is 47.5 Å². The van der Waals surface area contributed by atoms with E-state index in [4.69, 9.17) is 0 Å². The fourth-order valence-electron chi connectivity index (χ4n) is 1.76. The first kappa shape index (κ1) is 9.30. The molecule has 0 bridgehead atoms. The van der Waals surface area contributed by atoms with Crippen LogP contribution in [-0.4, -0.2) is 14.6 Å². The molecule has 5 heteroatoms. The van der Waals surface area contributed by atoms with Crippen LogP contribution in [0.1, 0.15) is 11.4 Å². The van der Waals surface area contributed by atoms with Crippen LogP contribution in [-0.2, 0) is 0 Å². The second kappa shape index (κ2) is 3.02. The number of aryl methyl sites for hydroxylation is 2. The number of thiazole rings is 1. The van der Waals surface area contributed by atoms with Gasteiger partial charge in [0.15, 0.2) is 0 Å². The minimum absolute atomic E-state index is 0.931. The van der Waals surface area contributed by atoms with Gasteiger partial charge in [-0.15, -0.1) is 10.2 Å². The zero-order chi connectivity index (χ0) is 10.6. The zero-order valence-corrected chi connectivity index (χ0v) is 10.7. The van der Waals surface area contributed by atoms with Crippen LogP contribution in [0.15, 0.2) is 16.6 Å². The van der Waals surface area contributed by atoms with Crippen LogP contribution in [0.5, 0.6) is 0 Å². The smallest absolute Gasteiger partial charge is 0.217 e. The van der Waals surface area contributed by atoms with Gasteiger partial charge in [0, 0.05) is 4.47 Å². The van der Waals surface area contributed by atoms with E-state index in [-0.39, 0.29) is 0 Å². The molecular formula is C10H8BrN3S. The number of rotatable bonds is 0. The van der Waals surface area contributed by atoms with Crippen LogP contribution in [0.25, 0.3) is 15.2 Å². The summed E-state index contributed by atoms with van der Waals surface area (Å²) in [6, 6.07) is 4.30. The first-order valence-electron chi connectivity index (χ1n) is 4.57. The molecule has 0 saturated carbocycles. The third kappa shape index (κ3) is 1.23. The molecule has 2 aromatic heterocycles. The minimum atomic E-state index is 0.931.